The summed E-state index contributed by atoms with van der Waals surface area (Å²) in [5.41, 5.74) is 6.56. The van der Waals surface area contributed by atoms with E-state index < -0.39 is 18.2 Å². The second-order valence-electron chi connectivity index (χ2n) is 6.95. The molecule has 11 heteroatoms. The van der Waals surface area contributed by atoms with Crippen LogP contribution in [0.2, 0.25) is 0 Å². The van der Waals surface area contributed by atoms with Gasteiger partial charge in [-0.15, -0.1) is 13.2 Å². The predicted octanol–water partition coefficient (Wildman–Crippen LogP) is 2.22. The fourth-order valence-electron chi connectivity index (χ4n) is 3.34. The van der Waals surface area contributed by atoms with Crippen LogP contribution < -0.4 is 20.7 Å². The molecule has 0 spiro atoms. The van der Waals surface area contributed by atoms with Crippen molar-refractivity contribution in [1.29, 1.82) is 0 Å². The first-order chi connectivity index (χ1) is 15.2. The highest BCUT2D eigenvalue weighted by Crippen LogP contribution is 2.22. The van der Waals surface area contributed by atoms with Crippen molar-refractivity contribution in [2.24, 2.45) is 10.7 Å². The highest BCUT2D eigenvalue weighted by atomic mass is 19.4. The Morgan fingerprint density at radius 2 is 1.66 bits per heavy atom. The lowest BCUT2D eigenvalue weighted by atomic mass is 10.1. The lowest BCUT2D eigenvalue weighted by molar-refractivity contribution is -0.119. The highest BCUT2D eigenvalue weighted by Gasteiger charge is 2.27. The van der Waals surface area contributed by atoms with E-state index in [0.29, 0.717) is 37.5 Å². The minimum Gasteiger partial charge on any atom is -0.496 e. The number of methoxy groups -OCH3 is 1. The van der Waals surface area contributed by atoms with E-state index >= 15 is 0 Å². The van der Waals surface area contributed by atoms with Gasteiger partial charge in [0.2, 0.25) is 5.96 Å². The number of carbonyl (C=O) groups is 2. The van der Waals surface area contributed by atoms with Crippen LogP contribution in [-0.4, -0.2) is 62.3 Å². The number of carbonyl (C=O) groups excluding carboxylic acids is 2. The number of hydrogen-bond acceptors (Lipinski definition) is 5. The fourth-order valence-corrected chi connectivity index (χ4v) is 3.34. The number of nitrogens with zero attached hydrogens (tertiary/aromatic N) is 3. The third kappa shape index (κ3) is 5.68. The number of nitrogens with two attached hydrogens (primary N) is 1. The van der Waals surface area contributed by atoms with Crippen molar-refractivity contribution in [3.8, 4) is 5.75 Å². The molecule has 170 valence electrons. The standard InChI is InChI=1S/C21H22F3N5O3/c1-32-17-5-3-2-4-16(17)19(31)29-12-10-28(11-13-29)15-8-6-14(7-9-15)18(30)26-20(25)27-21(22,23)24/h2-9H,10-13H2,1H3,(H3,25,26,27,30). The molecule has 0 radical (unpaired) electrons. The van der Waals surface area contributed by atoms with Crippen molar-refractivity contribution in [1.82, 2.24) is 10.2 Å². The van der Waals surface area contributed by atoms with E-state index in [-0.39, 0.29) is 11.5 Å². The predicted molar refractivity (Wildman–Crippen MR) is 113 cm³/mol. The first kappa shape index (κ1) is 22.9. The smallest absolute Gasteiger partial charge is 0.496 e. The molecule has 0 aliphatic carbocycles. The zero-order valence-corrected chi connectivity index (χ0v) is 17.2. The summed E-state index contributed by atoms with van der Waals surface area (Å²) in [5.74, 6) is -1.40. The van der Waals surface area contributed by atoms with Gasteiger partial charge >= 0.3 is 6.30 Å². The molecule has 1 saturated heterocycles. The van der Waals surface area contributed by atoms with Crippen LogP contribution in [0.3, 0.4) is 0 Å². The number of guanidine groups is 1. The van der Waals surface area contributed by atoms with Crippen molar-refractivity contribution < 1.29 is 27.5 Å². The Bertz CT molecular complexity index is 1000. The van der Waals surface area contributed by atoms with Gasteiger partial charge in [0.25, 0.3) is 11.8 Å². The summed E-state index contributed by atoms with van der Waals surface area (Å²) in [4.78, 5) is 30.9. The number of ether oxygens (including phenoxy) is 1. The monoisotopic (exact) mass is 449 g/mol. The molecule has 8 nitrogen and oxygen atoms in total. The Kier molecular flexibility index (Phi) is 6.86. The van der Waals surface area contributed by atoms with Crippen LogP contribution in [0, 0.1) is 0 Å². The van der Waals surface area contributed by atoms with Crippen LogP contribution in [0.5, 0.6) is 5.75 Å². The van der Waals surface area contributed by atoms with Crippen LogP contribution in [-0.2, 0) is 0 Å². The van der Waals surface area contributed by atoms with E-state index in [9.17, 15) is 22.8 Å². The summed E-state index contributed by atoms with van der Waals surface area (Å²) in [6.45, 7) is 2.17. The second-order valence-corrected chi connectivity index (χ2v) is 6.95. The maximum absolute atomic E-state index is 12.8. The van der Waals surface area contributed by atoms with E-state index in [2.05, 4.69) is 4.99 Å². The van der Waals surface area contributed by atoms with Gasteiger partial charge < -0.3 is 20.3 Å². The molecule has 0 unspecified atom stereocenters. The Labute approximate surface area is 182 Å². The molecule has 1 fully saturated rings. The third-order valence-corrected chi connectivity index (χ3v) is 4.89. The van der Waals surface area contributed by atoms with Gasteiger partial charge in [-0.25, -0.2) is 0 Å². The molecule has 0 bridgehead atoms. The van der Waals surface area contributed by atoms with E-state index in [1.807, 2.05) is 10.2 Å². The SMILES string of the molecule is COc1ccccc1C(=O)N1CCN(c2ccc(C(=O)NC(N)=NC(F)(F)F)cc2)CC1. The van der Waals surface area contributed by atoms with Crippen LogP contribution in [0.1, 0.15) is 20.7 Å². The molecule has 3 rings (SSSR count). The number of nitrogens with one attached hydrogen (secondary N) is 1. The van der Waals surface area contributed by atoms with E-state index in [0.717, 1.165) is 5.69 Å². The largest absolute Gasteiger partial charge is 0.506 e. The summed E-state index contributed by atoms with van der Waals surface area (Å²) < 4.78 is 41.8. The van der Waals surface area contributed by atoms with Gasteiger partial charge in [0.15, 0.2) is 0 Å². The number of benzene rings is 2. The van der Waals surface area contributed by atoms with Gasteiger partial charge in [0, 0.05) is 37.4 Å². The third-order valence-electron chi connectivity index (χ3n) is 4.89. The minimum atomic E-state index is -4.86. The molecule has 0 atom stereocenters. The number of anilines is 1. The fraction of sp³-hybridized carbons (Fsp3) is 0.286. The van der Waals surface area contributed by atoms with Gasteiger partial charge in [0.05, 0.1) is 12.7 Å². The lowest BCUT2D eigenvalue weighted by Gasteiger charge is -2.36. The number of alkyl halides is 3. The average Bonchev–Trinajstić information content (AvgIpc) is 2.77. The number of rotatable bonds is 4. The number of piperazine rings is 1. The van der Waals surface area contributed by atoms with E-state index in [1.54, 1.807) is 41.3 Å². The van der Waals surface area contributed by atoms with Gasteiger partial charge in [-0.05, 0) is 36.4 Å². The Balaban J connectivity index is 1.59. The first-order valence-corrected chi connectivity index (χ1v) is 9.68. The molecule has 2 aromatic rings. The summed E-state index contributed by atoms with van der Waals surface area (Å²) in [6, 6.07) is 13.4. The topological polar surface area (TPSA) is 100 Å². The average molecular weight is 449 g/mol. The Morgan fingerprint density at radius 1 is 1.03 bits per heavy atom. The molecule has 2 aromatic carbocycles. The molecule has 1 heterocycles. The number of amides is 2. The normalized spacial score (nSPS) is 14.8. The molecule has 2 amide bonds. The Hall–Kier alpha value is -3.76. The molecular formula is C21H22F3N5O3. The van der Waals surface area contributed by atoms with Crippen molar-refractivity contribution in [3.05, 3.63) is 59.7 Å². The van der Waals surface area contributed by atoms with Crippen molar-refractivity contribution in [2.45, 2.75) is 6.30 Å². The number of aliphatic imine (C=N–C) groups is 1. The lowest BCUT2D eigenvalue weighted by Crippen LogP contribution is -2.48. The minimum absolute atomic E-state index is 0.104. The van der Waals surface area contributed by atoms with Gasteiger partial charge in [-0.1, -0.05) is 12.1 Å². The summed E-state index contributed by atoms with van der Waals surface area (Å²) in [6.07, 6.45) is -4.86. The number of halogens is 3. The van der Waals surface area contributed by atoms with Crippen LogP contribution in [0.25, 0.3) is 0 Å². The van der Waals surface area contributed by atoms with Crippen molar-refractivity contribution in [2.75, 3.05) is 38.2 Å². The summed E-state index contributed by atoms with van der Waals surface area (Å²) in [5, 5.41) is 1.90. The molecule has 1 aliphatic heterocycles. The van der Waals surface area contributed by atoms with Crippen LogP contribution in [0.15, 0.2) is 53.5 Å². The van der Waals surface area contributed by atoms with Crippen molar-refractivity contribution in [3.63, 3.8) is 0 Å². The number of hydrogen-bond donors (Lipinski definition) is 2. The zero-order chi connectivity index (χ0) is 23.3. The maximum atomic E-state index is 12.8. The van der Waals surface area contributed by atoms with Gasteiger partial charge in [0.1, 0.15) is 5.75 Å². The molecule has 0 aromatic heterocycles. The van der Waals surface area contributed by atoms with Gasteiger partial charge in [-0.2, -0.15) is 4.99 Å². The van der Waals surface area contributed by atoms with Crippen LogP contribution in [0.4, 0.5) is 18.9 Å². The summed E-state index contributed by atoms with van der Waals surface area (Å²) >= 11 is 0. The number of para-hydroxylation sites is 1. The van der Waals surface area contributed by atoms with Gasteiger partial charge in [-0.3, -0.25) is 14.9 Å². The summed E-state index contributed by atoms with van der Waals surface area (Å²) in [7, 11) is 1.52. The van der Waals surface area contributed by atoms with E-state index in [1.165, 1.54) is 19.2 Å². The second kappa shape index (κ2) is 9.58. The molecule has 0 saturated carbocycles. The first-order valence-electron chi connectivity index (χ1n) is 9.68. The van der Waals surface area contributed by atoms with Crippen LogP contribution >= 0.6 is 0 Å². The molecule has 3 N–H and O–H groups in total. The highest BCUT2D eigenvalue weighted by molar-refractivity contribution is 6.05. The Morgan fingerprint density at radius 3 is 2.25 bits per heavy atom. The van der Waals surface area contributed by atoms with Crippen molar-refractivity contribution >= 4 is 23.5 Å². The van der Waals surface area contributed by atoms with E-state index in [4.69, 9.17) is 10.5 Å². The quantitative estimate of drug-likeness (QED) is 0.424. The molecule has 32 heavy (non-hydrogen) atoms. The molecule has 1 aliphatic rings. The molecular weight excluding hydrogens is 427 g/mol. The maximum Gasteiger partial charge on any atom is 0.506 e. The zero-order valence-electron chi connectivity index (χ0n) is 17.2.